The molecule has 2 rings (SSSR count). The van der Waals surface area contributed by atoms with E-state index in [1.54, 1.807) is 24.3 Å². The molecule has 0 atom stereocenters. The Bertz CT molecular complexity index is 570. The Balaban J connectivity index is 2.31. The molecule has 0 bridgehead atoms. The van der Waals surface area contributed by atoms with Gasteiger partial charge in [0.25, 0.3) is 0 Å². The summed E-state index contributed by atoms with van der Waals surface area (Å²) in [4.78, 5) is 0. The lowest BCUT2D eigenvalue weighted by molar-refractivity contribution is 0.442. The van der Waals surface area contributed by atoms with Crippen LogP contribution in [0.3, 0.4) is 0 Å². The second-order valence-electron chi connectivity index (χ2n) is 3.93. The van der Waals surface area contributed by atoms with Crippen molar-refractivity contribution in [2.75, 3.05) is 0 Å². The van der Waals surface area contributed by atoms with Crippen LogP contribution in [0.2, 0.25) is 5.02 Å². The first-order valence-electron chi connectivity index (χ1n) is 5.38. The summed E-state index contributed by atoms with van der Waals surface area (Å²) in [5.41, 5.74) is 1.70. The zero-order chi connectivity index (χ0) is 13.1. The highest BCUT2D eigenvalue weighted by atomic mass is 35.5. The predicted octanol–water partition coefficient (Wildman–Crippen LogP) is 5.32. The van der Waals surface area contributed by atoms with Gasteiger partial charge in [0.1, 0.15) is 5.75 Å². The molecular formula is C14H11Cl2FO. The molecule has 0 aliphatic heterocycles. The monoisotopic (exact) mass is 284 g/mol. The van der Waals surface area contributed by atoms with Gasteiger partial charge in [-0.05, 0) is 42.3 Å². The fourth-order valence-electron chi connectivity index (χ4n) is 1.52. The molecule has 94 valence electrons. The number of hydrogen-bond donors (Lipinski definition) is 0. The van der Waals surface area contributed by atoms with Gasteiger partial charge in [0, 0.05) is 5.88 Å². The van der Waals surface area contributed by atoms with Crippen molar-refractivity contribution in [3.63, 3.8) is 0 Å². The minimum absolute atomic E-state index is 0.136. The third kappa shape index (κ3) is 2.95. The van der Waals surface area contributed by atoms with E-state index in [0.717, 1.165) is 5.56 Å². The molecule has 0 amide bonds. The van der Waals surface area contributed by atoms with E-state index >= 15 is 0 Å². The standard InChI is InChI=1S/C14H11Cl2FO/c1-9-2-4-11(16)14(6-9)18-13-5-3-10(8-15)7-12(13)17/h2-7H,8H2,1H3. The van der Waals surface area contributed by atoms with Gasteiger partial charge in [0.15, 0.2) is 11.6 Å². The van der Waals surface area contributed by atoms with E-state index in [0.29, 0.717) is 16.3 Å². The van der Waals surface area contributed by atoms with Gasteiger partial charge in [0.05, 0.1) is 5.02 Å². The molecule has 2 aromatic carbocycles. The summed E-state index contributed by atoms with van der Waals surface area (Å²) in [6.45, 7) is 1.91. The van der Waals surface area contributed by atoms with Crippen LogP contribution in [0.1, 0.15) is 11.1 Å². The minimum Gasteiger partial charge on any atom is -0.453 e. The number of benzene rings is 2. The molecule has 0 heterocycles. The average Bonchev–Trinajstić information content (AvgIpc) is 2.36. The van der Waals surface area contributed by atoms with E-state index < -0.39 is 5.82 Å². The first kappa shape index (κ1) is 13.2. The van der Waals surface area contributed by atoms with Crippen molar-refractivity contribution in [2.45, 2.75) is 12.8 Å². The van der Waals surface area contributed by atoms with Crippen LogP contribution < -0.4 is 4.74 Å². The van der Waals surface area contributed by atoms with Crippen molar-refractivity contribution in [3.8, 4) is 11.5 Å². The molecule has 2 aromatic rings. The lowest BCUT2D eigenvalue weighted by atomic mass is 10.2. The lowest BCUT2D eigenvalue weighted by Crippen LogP contribution is -1.91. The summed E-state index contributed by atoms with van der Waals surface area (Å²) in [5, 5.41) is 0.446. The second-order valence-corrected chi connectivity index (χ2v) is 4.61. The third-order valence-corrected chi connectivity index (χ3v) is 3.08. The van der Waals surface area contributed by atoms with Crippen molar-refractivity contribution in [1.82, 2.24) is 0 Å². The van der Waals surface area contributed by atoms with Gasteiger partial charge >= 0.3 is 0 Å². The summed E-state index contributed by atoms with van der Waals surface area (Å²) >= 11 is 11.6. The lowest BCUT2D eigenvalue weighted by Gasteiger charge is -2.09. The Kier molecular flexibility index (Phi) is 4.10. The normalized spacial score (nSPS) is 10.4. The quantitative estimate of drug-likeness (QED) is 0.693. The van der Waals surface area contributed by atoms with Crippen LogP contribution >= 0.6 is 23.2 Å². The van der Waals surface area contributed by atoms with Crippen molar-refractivity contribution in [1.29, 1.82) is 0 Å². The molecule has 0 unspecified atom stereocenters. The Hall–Kier alpha value is -1.25. The van der Waals surface area contributed by atoms with E-state index in [9.17, 15) is 4.39 Å². The fraction of sp³-hybridized carbons (Fsp3) is 0.143. The highest BCUT2D eigenvalue weighted by molar-refractivity contribution is 6.32. The first-order chi connectivity index (χ1) is 8.60. The maximum Gasteiger partial charge on any atom is 0.166 e. The number of ether oxygens (including phenoxy) is 1. The maximum atomic E-state index is 13.7. The number of halogens is 3. The predicted molar refractivity (Wildman–Crippen MR) is 72.2 cm³/mol. The largest absolute Gasteiger partial charge is 0.453 e. The Labute approximate surface area is 115 Å². The van der Waals surface area contributed by atoms with Crippen LogP contribution in [0.4, 0.5) is 4.39 Å². The Morgan fingerprint density at radius 1 is 1.11 bits per heavy atom. The topological polar surface area (TPSA) is 9.23 Å². The van der Waals surface area contributed by atoms with E-state index in [4.69, 9.17) is 27.9 Å². The molecule has 0 aliphatic rings. The fourth-order valence-corrected chi connectivity index (χ4v) is 1.84. The molecule has 18 heavy (non-hydrogen) atoms. The second kappa shape index (κ2) is 5.59. The van der Waals surface area contributed by atoms with Gasteiger partial charge in [0.2, 0.25) is 0 Å². The minimum atomic E-state index is -0.453. The van der Waals surface area contributed by atoms with Crippen LogP contribution in [0.5, 0.6) is 11.5 Å². The zero-order valence-electron chi connectivity index (χ0n) is 9.71. The van der Waals surface area contributed by atoms with Gasteiger partial charge in [-0.2, -0.15) is 0 Å². The zero-order valence-corrected chi connectivity index (χ0v) is 11.2. The van der Waals surface area contributed by atoms with Crippen LogP contribution in [-0.4, -0.2) is 0 Å². The van der Waals surface area contributed by atoms with Gasteiger partial charge in [-0.3, -0.25) is 0 Å². The molecule has 0 saturated heterocycles. The van der Waals surface area contributed by atoms with Gasteiger partial charge in [-0.1, -0.05) is 23.7 Å². The molecule has 0 saturated carbocycles. The summed E-state index contributed by atoms with van der Waals surface area (Å²) in [6, 6.07) is 9.96. The van der Waals surface area contributed by atoms with Crippen LogP contribution in [-0.2, 0) is 5.88 Å². The SMILES string of the molecule is Cc1ccc(Cl)c(Oc2ccc(CCl)cc2F)c1. The Morgan fingerprint density at radius 2 is 1.89 bits per heavy atom. The van der Waals surface area contributed by atoms with E-state index in [-0.39, 0.29) is 11.6 Å². The molecule has 4 heteroatoms. The van der Waals surface area contributed by atoms with Crippen molar-refractivity contribution in [3.05, 3.63) is 58.4 Å². The molecular weight excluding hydrogens is 274 g/mol. The third-order valence-electron chi connectivity index (χ3n) is 2.46. The van der Waals surface area contributed by atoms with Crippen molar-refractivity contribution >= 4 is 23.2 Å². The molecule has 0 spiro atoms. The highest BCUT2D eigenvalue weighted by Crippen LogP contribution is 2.31. The van der Waals surface area contributed by atoms with Crippen molar-refractivity contribution < 1.29 is 9.13 Å². The molecule has 0 radical (unpaired) electrons. The van der Waals surface area contributed by atoms with Crippen LogP contribution in [0, 0.1) is 12.7 Å². The summed E-state index contributed by atoms with van der Waals surface area (Å²) in [6.07, 6.45) is 0. The molecule has 1 nitrogen and oxygen atoms in total. The number of alkyl halides is 1. The molecule has 0 aliphatic carbocycles. The van der Waals surface area contributed by atoms with Gasteiger partial charge in [-0.25, -0.2) is 4.39 Å². The highest BCUT2D eigenvalue weighted by Gasteiger charge is 2.08. The van der Waals surface area contributed by atoms with Crippen LogP contribution in [0.15, 0.2) is 36.4 Å². The Morgan fingerprint density at radius 3 is 2.56 bits per heavy atom. The molecule has 0 aromatic heterocycles. The average molecular weight is 285 g/mol. The smallest absolute Gasteiger partial charge is 0.166 e. The maximum absolute atomic E-state index is 13.7. The number of aryl methyl sites for hydroxylation is 1. The molecule has 0 N–H and O–H groups in total. The van der Waals surface area contributed by atoms with E-state index in [2.05, 4.69) is 0 Å². The summed E-state index contributed by atoms with van der Waals surface area (Å²) in [7, 11) is 0. The summed E-state index contributed by atoms with van der Waals surface area (Å²) in [5.74, 6) is 0.388. The van der Waals surface area contributed by atoms with Crippen molar-refractivity contribution in [2.24, 2.45) is 0 Å². The number of rotatable bonds is 3. The first-order valence-corrected chi connectivity index (χ1v) is 6.30. The van der Waals surface area contributed by atoms with Crippen LogP contribution in [0.25, 0.3) is 0 Å². The van der Waals surface area contributed by atoms with E-state index in [1.165, 1.54) is 6.07 Å². The summed E-state index contributed by atoms with van der Waals surface area (Å²) < 4.78 is 19.2. The van der Waals surface area contributed by atoms with E-state index in [1.807, 2.05) is 13.0 Å². The molecule has 0 fully saturated rings. The van der Waals surface area contributed by atoms with Gasteiger partial charge < -0.3 is 4.74 Å². The van der Waals surface area contributed by atoms with Gasteiger partial charge in [-0.15, -0.1) is 11.6 Å². The number of hydrogen-bond acceptors (Lipinski definition) is 1.